The Morgan fingerprint density at radius 1 is 1.20 bits per heavy atom. The Labute approximate surface area is 151 Å². The molecule has 0 fully saturated rings. The van der Waals surface area contributed by atoms with Crippen molar-refractivity contribution in [3.8, 4) is 5.75 Å². The van der Waals surface area contributed by atoms with Crippen LogP contribution in [0.5, 0.6) is 5.75 Å². The number of thioether (sulfide) groups is 1. The summed E-state index contributed by atoms with van der Waals surface area (Å²) in [7, 11) is 3.10. The van der Waals surface area contributed by atoms with Crippen LogP contribution in [0.15, 0.2) is 42.5 Å². The predicted octanol–water partition coefficient (Wildman–Crippen LogP) is 4.43. The quantitative estimate of drug-likeness (QED) is 0.727. The zero-order chi connectivity index (χ0) is 18.4. The van der Waals surface area contributed by atoms with Crippen molar-refractivity contribution in [3.05, 3.63) is 65.2 Å². The van der Waals surface area contributed by atoms with Gasteiger partial charge in [-0.15, -0.1) is 11.8 Å². The third kappa shape index (κ3) is 5.46. The van der Waals surface area contributed by atoms with Gasteiger partial charge < -0.3 is 9.64 Å². The highest BCUT2D eigenvalue weighted by molar-refractivity contribution is 8.00. The molecule has 1 amide bonds. The van der Waals surface area contributed by atoms with Gasteiger partial charge in [0.15, 0.2) is 11.6 Å². The third-order valence-corrected chi connectivity index (χ3v) is 5.04. The first-order chi connectivity index (χ1) is 11.9. The fraction of sp³-hybridized carbons (Fsp3) is 0.316. The summed E-state index contributed by atoms with van der Waals surface area (Å²) in [5.74, 6) is -0.284. The van der Waals surface area contributed by atoms with Crippen LogP contribution in [-0.2, 0) is 11.3 Å². The van der Waals surface area contributed by atoms with Gasteiger partial charge in [0, 0.05) is 18.8 Å². The number of methoxy groups -OCH3 is 1. The van der Waals surface area contributed by atoms with E-state index in [0.717, 1.165) is 5.56 Å². The van der Waals surface area contributed by atoms with Gasteiger partial charge in [-0.25, -0.2) is 8.78 Å². The molecule has 134 valence electrons. The van der Waals surface area contributed by atoms with E-state index in [9.17, 15) is 13.6 Å². The second-order valence-corrected chi connectivity index (χ2v) is 7.05. The first kappa shape index (κ1) is 19.2. The highest BCUT2D eigenvalue weighted by Crippen LogP contribution is 2.28. The number of carbonyl (C=O) groups is 1. The van der Waals surface area contributed by atoms with Crippen LogP contribution in [0, 0.1) is 11.6 Å². The van der Waals surface area contributed by atoms with Crippen molar-refractivity contribution >= 4 is 17.7 Å². The van der Waals surface area contributed by atoms with Gasteiger partial charge in [0.2, 0.25) is 5.91 Å². The fourth-order valence-electron chi connectivity index (χ4n) is 2.31. The summed E-state index contributed by atoms with van der Waals surface area (Å²) in [6.45, 7) is 2.30. The standard InChI is InChI=1S/C19H21F2NO2S/c1-13(15-5-7-16(20)8-6-15)25-12-19(23)22(2)11-14-4-9-18(24-3)17(21)10-14/h4-10,13H,11-12H2,1-3H3. The van der Waals surface area contributed by atoms with Crippen molar-refractivity contribution in [1.82, 2.24) is 4.90 Å². The number of benzene rings is 2. The van der Waals surface area contributed by atoms with Gasteiger partial charge in [-0.2, -0.15) is 0 Å². The molecule has 2 rings (SSSR count). The molecule has 0 aliphatic carbocycles. The van der Waals surface area contributed by atoms with E-state index < -0.39 is 5.82 Å². The zero-order valence-corrected chi connectivity index (χ0v) is 15.3. The van der Waals surface area contributed by atoms with Gasteiger partial charge in [-0.05, 0) is 42.3 Å². The largest absolute Gasteiger partial charge is 0.494 e. The van der Waals surface area contributed by atoms with E-state index >= 15 is 0 Å². The van der Waals surface area contributed by atoms with Crippen molar-refractivity contribution in [2.75, 3.05) is 19.9 Å². The number of rotatable bonds is 7. The van der Waals surface area contributed by atoms with E-state index in [4.69, 9.17) is 4.74 Å². The van der Waals surface area contributed by atoms with Crippen LogP contribution in [0.25, 0.3) is 0 Å². The van der Waals surface area contributed by atoms with Gasteiger partial charge in [0.25, 0.3) is 0 Å². The summed E-state index contributed by atoms with van der Waals surface area (Å²) in [5.41, 5.74) is 1.67. The number of hydrogen-bond acceptors (Lipinski definition) is 3. The minimum Gasteiger partial charge on any atom is -0.494 e. The Bertz CT molecular complexity index is 722. The number of hydrogen-bond donors (Lipinski definition) is 0. The smallest absolute Gasteiger partial charge is 0.232 e. The molecule has 6 heteroatoms. The minimum atomic E-state index is -0.444. The van der Waals surface area contributed by atoms with E-state index in [2.05, 4.69) is 0 Å². The Morgan fingerprint density at radius 2 is 1.88 bits per heavy atom. The molecule has 0 N–H and O–H groups in total. The molecule has 0 saturated carbocycles. The lowest BCUT2D eigenvalue weighted by atomic mass is 10.2. The molecule has 1 atom stereocenters. The van der Waals surface area contributed by atoms with Crippen LogP contribution >= 0.6 is 11.8 Å². The second-order valence-electron chi connectivity index (χ2n) is 5.72. The lowest BCUT2D eigenvalue weighted by molar-refractivity contribution is -0.127. The lowest BCUT2D eigenvalue weighted by Crippen LogP contribution is -2.28. The van der Waals surface area contributed by atoms with Crippen molar-refractivity contribution < 1.29 is 18.3 Å². The summed E-state index contributed by atoms with van der Waals surface area (Å²) in [6, 6.07) is 10.9. The van der Waals surface area contributed by atoms with Crippen LogP contribution in [0.4, 0.5) is 8.78 Å². The molecule has 1 unspecified atom stereocenters. The zero-order valence-electron chi connectivity index (χ0n) is 14.5. The van der Waals surface area contributed by atoms with Crippen LogP contribution in [0.3, 0.4) is 0 Å². The van der Waals surface area contributed by atoms with E-state index in [0.29, 0.717) is 17.9 Å². The fourth-order valence-corrected chi connectivity index (χ4v) is 3.27. The SMILES string of the molecule is COc1ccc(CN(C)C(=O)CSC(C)c2ccc(F)cc2)cc1F. The number of amides is 1. The van der Waals surface area contributed by atoms with Crippen molar-refractivity contribution in [2.45, 2.75) is 18.7 Å². The average molecular weight is 365 g/mol. The van der Waals surface area contributed by atoms with Crippen LogP contribution in [0.2, 0.25) is 0 Å². The number of carbonyl (C=O) groups excluding carboxylic acids is 1. The average Bonchev–Trinajstić information content (AvgIpc) is 2.60. The highest BCUT2D eigenvalue weighted by atomic mass is 32.2. The minimum absolute atomic E-state index is 0.0461. The van der Waals surface area contributed by atoms with E-state index in [1.54, 1.807) is 36.2 Å². The Morgan fingerprint density at radius 3 is 2.48 bits per heavy atom. The van der Waals surface area contributed by atoms with Gasteiger partial charge in [0.1, 0.15) is 5.82 Å². The molecule has 0 saturated heterocycles. The molecule has 0 aromatic heterocycles. The lowest BCUT2D eigenvalue weighted by Gasteiger charge is -2.19. The monoisotopic (exact) mass is 365 g/mol. The summed E-state index contributed by atoms with van der Waals surface area (Å²) in [5, 5.41) is 0.0800. The van der Waals surface area contributed by atoms with Gasteiger partial charge in [-0.3, -0.25) is 4.79 Å². The first-order valence-electron chi connectivity index (χ1n) is 7.84. The summed E-state index contributed by atoms with van der Waals surface area (Å²) in [6.07, 6.45) is 0. The number of ether oxygens (including phenoxy) is 1. The molecule has 25 heavy (non-hydrogen) atoms. The summed E-state index contributed by atoms with van der Waals surface area (Å²) >= 11 is 1.48. The number of nitrogens with zero attached hydrogens (tertiary/aromatic N) is 1. The maximum atomic E-state index is 13.7. The molecular formula is C19H21F2NO2S. The van der Waals surface area contributed by atoms with Crippen LogP contribution < -0.4 is 4.74 Å². The van der Waals surface area contributed by atoms with Crippen molar-refractivity contribution in [2.24, 2.45) is 0 Å². The van der Waals surface area contributed by atoms with Crippen LogP contribution in [-0.4, -0.2) is 30.7 Å². The third-order valence-electron chi connectivity index (χ3n) is 3.86. The first-order valence-corrected chi connectivity index (χ1v) is 8.89. The Kier molecular flexibility index (Phi) is 6.82. The number of halogens is 2. The molecule has 0 aliphatic heterocycles. The topological polar surface area (TPSA) is 29.5 Å². The maximum Gasteiger partial charge on any atom is 0.232 e. The maximum absolute atomic E-state index is 13.7. The Balaban J connectivity index is 1.87. The molecule has 2 aromatic rings. The molecule has 0 heterocycles. The molecule has 0 aliphatic rings. The highest BCUT2D eigenvalue weighted by Gasteiger charge is 2.14. The second kappa shape index (κ2) is 8.85. The Hall–Kier alpha value is -2.08. The van der Waals surface area contributed by atoms with Crippen molar-refractivity contribution in [3.63, 3.8) is 0 Å². The van der Waals surface area contributed by atoms with E-state index in [1.807, 2.05) is 6.92 Å². The molecule has 0 radical (unpaired) electrons. The van der Waals surface area contributed by atoms with Crippen molar-refractivity contribution in [1.29, 1.82) is 0 Å². The molecular weight excluding hydrogens is 344 g/mol. The summed E-state index contributed by atoms with van der Waals surface area (Å²) < 4.78 is 31.5. The van der Waals surface area contributed by atoms with Gasteiger partial charge in [0.05, 0.1) is 12.9 Å². The van der Waals surface area contributed by atoms with E-state index in [1.165, 1.54) is 37.1 Å². The van der Waals surface area contributed by atoms with Crippen LogP contribution in [0.1, 0.15) is 23.3 Å². The van der Waals surface area contributed by atoms with E-state index in [-0.39, 0.29) is 22.7 Å². The van der Waals surface area contributed by atoms with Gasteiger partial charge in [-0.1, -0.05) is 18.2 Å². The molecule has 3 nitrogen and oxygen atoms in total. The van der Waals surface area contributed by atoms with Gasteiger partial charge >= 0.3 is 0 Å². The molecule has 0 bridgehead atoms. The molecule has 0 spiro atoms. The normalized spacial score (nSPS) is 11.9. The predicted molar refractivity (Wildman–Crippen MR) is 96.7 cm³/mol. The summed E-state index contributed by atoms with van der Waals surface area (Å²) in [4.78, 5) is 13.8. The molecule has 2 aromatic carbocycles.